The van der Waals surface area contributed by atoms with Crippen molar-refractivity contribution in [3.63, 3.8) is 0 Å². The van der Waals surface area contributed by atoms with Crippen molar-refractivity contribution < 1.29 is 28.7 Å². The molecular formula is C32H53N5O6. The topological polar surface area (TPSA) is 160 Å². The molecule has 0 aromatic heterocycles. The Labute approximate surface area is 256 Å². The van der Waals surface area contributed by atoms with E-state index >= 15 is 0 Å². The quantitative estimate of drug-likeness (QED) is 0.251. The third-order valence-corrected chi connectivity index (χ3v) is 11.1. The van der Waals surface area contributed by atoms with Crippen LogP contribution in [0.4, 0.5) is 4.79 Å². The Bertz CT molecular complexity index is 1110. The van der Waals surface area contributed by atoms with Gasteiger partial charge >= 0.3 is 6.03 Å². The van der Waals surface area contributed by atoms with Crippen molar-refractivity contribution in [2.75, 3.05) is 20.3 Å². The molecule has 1 saturated heterocycles. The van der Waals surface area contributed by atoms with Crippen molar-refractivity contribution >= 4 is 29.5 Å². The second kappa shape index (κ2) is 12.4. The summed E-state index contributed by atoms with van der Waals surface area (Å²) in [6, 6.07) is -3.35. The SMILES string of the molecule is COC[C@@H](NC(=O)NC(C(=O)N1C[C@@H]2[C@@H](C1C(=O)NC(CC1CCC1)C(=O)C(N)=O)C2(C)C)C1(C)CCCC1)C(C)(C)C. The number of ether oxygens (including phenoxy) is 1. The zero-order valence-electron chi connectivity index (χ0n) is 27.1. The number of nitrogens with one attached hydrogen (secondary N) is 3. The number of Topliss-reactive ketones (excluding diaryl/α,β-unsaturated/α-hetero) is 1. The molecule has 242 valence electrons. The fourth-order valence-corrected chi connectivity index (χ4v) is 7.71. The van der Waals surface area contributed by atoms with Crippen LogP contribution in [0.1, 0.15) is 92.9 Å². The first-order valence-electron chi connectivity index (χ1n) is 16.0. The van der Waals surface area contributed by atoms with Crippen LogP contribution in [0, 0.1) is 34.0 Å². The minimum Gasteiger partial charge on any atom is -0.383 e. The van der Waals surface area contributed by atoms with Crippen molar-refractivity contribution in [2.24, 2.45) is 39.7 Å². The molecule has 43 heavy (non-hydrogen) atoms. The molecule has 4 fully saturated rings. The van der Waals surface area contributed by atoms with Crippen LogP contribution in [0.2, 0.25) is 0 Å². The zero-order valence-corrected chi connectivity index (χ0v) is 27.1. The van der Waals surface area contributed by atoms with Crippen molar-refractivity contribution in [1.29, 1.82) is 0 Å². The van der Waals surface area contributed by atoms with Crippen LogP contribution in [0.3, 0.4) is 0 Å². The Morgan fingerprint density at radius 2 is 1.60 bits per heavy atom. The molecule has 5 N–H and O–H groups in total. The summed E-state index contributed by atoms with van der Waals surface area (Å²) in [5, 5.41) is 8.87. The third-order valence-electron chi connectivity index (χ3n) is 11.1. The van der Waals surface area contributed by atoms with Gasteiger partial charge in [0.15, 0.2) is 0 Å². The summed E-state index contributed by atoms with van der Waals surface area (Å²) >= 11 is 0. The number of urea groups is 1. The largest absolute Gasteiger partial charge is 0.383 e. The van der Waals surface area contributed by atoms with E-state index in [4.69, 9.17) is 10.5 Å². The highest BCUT2D eigenvalue weighted by molar-refractivity contribution is 6.37. The van der Waals surface area contributed by atoms with E-state index in [9.17, 15) is 24.0 Å². The molecule has 0 aromatic carbocycles. The molecule has 11 nitrogen and oxygen atoms in total. The summed E-state index contributed by atoms with van der Waals surface area (Å²) in [5.74, 6) is -2.28. The fraction of sp³-hybridized carbons (Fsp3) is 0.844. The van der Waals surface area contributed by atoms with Gasteiger partial charge in [-0.3, -0.25) is 19.2 Å². The van der Waals surface area contributed by atoms with Gasteiger partial charge in [0.1, 0.15) is 12.1 Å². The number of hydrogen-bond acceptors (Lipinski definition) is 6. The number of amides is 5. The molecule has 3 aliphatic carbocycles. The lowest BCUT2D eigenvalue weighted by Gasteiger charge is -2.40. The number of rotatable bonds is 12. The number of ketones is 1. The number of methoxy groups -OCH3 is 1. The van der Waals surface area contributed by atoms with E-state index in [1.807, 2.05) is 27.7 Å². The highest BCUT2D eigenvalue weighted by Gasteiger charge is 2.70. The fourth-order valence-electron chi connectivity index (χ4n) is 7.71. The number of nitrogens with zero attached hydrogens (tertiary/aromatic N) is 1. The number of primary amides is 1. The second-order valence-corrected chi connectivity index (χ2v) is 15.5. The Hall–Kier alpha value is -2.69. The highest BCUT2D eigenvalue weighted by atomic mass is 16.5. The number of piperidine rings is 1. The summed E-state index contributed by atoms with van der Waals surface area (Å²) in [7, 11) is 1.59. The predicted molar refractivity (Wildman–Crippen MR) is 162 cm³/mol. The molecule has 0 radical (unpaired) electrons. The van der Waals surface area contributed by atoms with E-state index in [0.29, 0.717) is 19.6 Å². The minimum absolute atomic E-state index is 0.0812. The van der Waals surface area contributed by atoms with Crippen molar-refractivity contribution in [1.82, 2.24) is 20.9 Å². The van der Waals surface area contributed by atoms with E-state index in [1.165, 1.54) is 0 Å². The molecule has 6 atom stereocenters. The van der Waals surface area contributed by atoms with Gasteiger partial charge in [-0.15, -0.1) is 0 Å². The summed E-state index contributed by atoms with van der Waals surface area (Å²) in [4.78, 5) is 68.0. The van der Waals surface area contributed by atoms with Gasteiger partial charge in [-0.25, -0.2) is 4.79 Å². The standard InChI is InChI=1S/C32H53N5O6/c1-30(2,3)21(17-43-7)35-29(42)36-25(32(6)13-8-9-14-32)28(41)37-16-19-22(31(19,4)5)23(37)27(40)34-20(24(38)26(33)39)15-18-11-10-12-18/h18-23,25H,8-17H2,1-7H3,(H2,33,39)(H,34,40)(H2,35,36,42)/t19-,20?,21-,22+,23?,25?/m1/s1. The van der Waals surface area contributed by atoms with Gasteiger partial charge in [0.05, 0.1) is 18.7 Å². The van der Waals surface area contributed by atoms with Crippen LogP contribution >= 0.6 is 0 Å². The molecule has 1 aliphatic heterocycles. The van der Waals surface area contributed by atoms with Crippen LogP contribution < -0.4 is 21.7 Å². The maximum Gasteiger partial charge on any atom is 0.315 e. The molecule has 0 aromatic rings. The van der Waals surface area contributed by atoms with Gasteiger partial charge in [-0.2, -0.15) is 0 Å². The summed E-state index contributed by atoms with van der Waals surface area (Å²) in [6.07, 6.45) is 6.79. The van der Waals surface area contributed by atoms with Crippen LogP contribution in [0.15, 0.2) is 0 Å². The Morgan fingerprint density at radius 1 is 0.977 bits per heavy atom. The van der Waals surface area contributed by atoms with E-state index < -0.39 is 47.2 Å². The molecule has 3 unspecified atom stereocenters. The second-order valence-electron chi connectivity index (χ2n) is 15.5. The molecule has 3 saturated carbocycles. The Kier molecular flexibility index (Phi) is 9.55. The van der Waals surface area contributed by atoms with E-state index in [1.54, 1.807) is 12.0 Å². The van der Waals surface area contributed by atoms with Crippen LogP contribution in [0.25, 0.3) is 0 Å². The van der Waals surface area contributed by atoms with Crippen molar-refractivity contribution in [2.45, 2.75) is 117 Å². The Morgan fingerprint density at radius 3 is 2.12 bits per heavy atom. The number of carbonyl (C=O) groups is 5. The molecule has 4 rings (SSSR count). The van der Waals surface area contributed by atoms with Crippen molar-refractivity contribution in [3.05, 3.63) is 0 Å². The maximum absolute atomic E-state index is 14.5. The van der Waals surface area contributed by atoms with Gasteiger partial charge in [0.2, 0.25) is 17.6 Å². The number of nitrogens with two attached hydrogens (primary N) is 1. The van der Waals surface area contributed by atoms with E-state index in [2.05, 4.69) is 29.8 Å². The monoisotopic (exact) mass is 603 g/mol. The Balaban J connectivity index is 1.57. The van der Waals surface area contributed by atoms with Gasteiger partial charge in [-0.05, 0) is 53.3 Å². The third kappa shape index (κ3) is 6.86. The minimum atomic E-state index is -1.07. The average Bonchev–Trinajstić information content (AvgIpc) is 3.27. The number of hydrogen-bond donors (Lipinski definition) is 4. The molecule has 11 heteroatoms. The number of carbonyl (C=O) groups excluding carboxylic acids is 5. The lowest BCUT2D eigenvalue weighted by Crippen LogP contribution is -2.63. The first-order chi connectivity index (χ1) is 20.0. The molecule has 4 aliphatic rings. The molecule has 0 spiro atoms. The molecule has 0 bridgehead atoms. The van der Waals surface area contributed by atoms with Gasteiger partial charge in [0.25, 0.3) is 5.91 Å². The zero-order chi connectivity index (χ0) is 31.9. The van der Waals surface area contributed by atoms with Crippen LogP contribution in [-0.4, -0.2) is 78.9 Å². The summed E-state index contributed by atoms with van der Waals surface area (Å²) < 4.78 is 5.34. The maximum atomic E-state index is 14.5. The van der Waals surface area contributed by atoms with Gasteiger partial charge in [0, 0.05) is 13.7 Å². The van der Waals surface area contributed by atoms with Crippen LogP contribution in [0.5, 0.6) is 0 Å². The summed E-state index contributed by atoms with van der Waals surface area (Å²) in [6.45, 7) is 13.0. The summed E-state index contributed by atoms with van der Waals surface area (Å²) in [5.41, 5.74) is 4.46. The number of fused-ring (bicyclic) bond motifs is 1. The molecule has 5 amide bonds. The van der Waals surface area contributed by atoms with Crippen molar-refractivity contribution in [3.8, 4) is 0 Å². The van der Waals surface area contributed by atoms with Gasteiger partial charge in [-0.1, -0.05) is 73.6 Å². The average molecular weight is 604 g/mol. The predicted octanol–water partition coefficient (Wildman–Crippen LogP) is 2.51. The lowest BCUT2D eigenvalue weighted by molar-refractivity contribution is -0.145. The van der Waals surface area contributed by atoms with Gasteiger partial charge < -0.3 is 31.3 Å². The first-order valence-corrected chi connectivity index (χ1v) is 16.0. The smallest absolute Gasteiger partial charge is 0.315 e. The number of likely N-dealkylation sites (tertiary alicyclic amines) is 1. The first kappa shape index (κ1) is 33.2. The normalized spacial score (nSPS) is 27.7. The van der Waals surface area contributed by atoms with E-state index in [0.717, 1.165) is 44.9 Å². The molecule has 1 heterocycles. The van der Waals surface area contributed by atoms with Crippen LogP contribution in [-0.2, 0) is 23.9 Å². The molecular weight excluding hydrogens is 550 g/mol. The highest BCUT2D eigenvalue weighted by Crippen LogP contribution is 2.65. The van der Waals surface area contributed by atoms with E-state index in [-0.39, 0.29) is 40.5 Å². The lowest BCUT2D eigenvalue weighted by atomic mass is 9.79.